The van der Waals surface area contributed by atoms with Gasteiger partial charge in [0.2, 0.25) is 0 Å². The van der Waals surface area contributed by atoms with Gasteiger partial charge < -0.3 is 0 Å². The van der Waals surface area contributed by atoms with Crippen molar-refractivity contribution in [1.82, 2.24) is 0 Å². The summed E-state index contributed by atoms with van der Waals surface area (Å²) in [6.07, 6.45) is 3.92. The van der Waals surface area contributed by atoms with Gasteiger partial charge in [-0.25, -0.2) is 0 Å². The van der Waals surface area contributed by atoms with E-state index < -0.39 is 0 Å². The van der Waals surface area contributed by atoms with Gasteiger partial charge in [0.15, 0.2) is 0 Å². The molecule has 1 fully saturated rings. The van der Waals surface area contributed by atoms with Crippen LogP contribution in [-0.4, -0.2) is 0 Å². The fraction of sp³-hybridized carbons (Fsp3) is 0.462. The van der Waals surface area contributed by atoms with Gasteiger partial charge in [-0.1, -0.05) is 44.2 Å². The van der Waals surface area contributed by atoms with Gasteiger partial charge in [-0.3, -0.25) is 0 Å². The lowest BCUT2D eigenvalue weighted by Crippen LogP contribution is -2.40. The molecule has 1 aliphatic rings. The van der Waals surface area contributed by atoms with E-state index in [9.17, 15) is 0 Å². The first-order valence-corrected chi connectivity index (χ1v) is 5.18. The topological polar surface area (TPSA) is 0 Å². The Balaban J connectivity index is 2.33. The first-order chi connectivity index (χ1) is 6.29. The van der Waals surface area contributed by atoms with Crippen LogP contribution in [0.2, 0.25) is 0 Å². The normalized spacial score (nSPS) is 28.5. The molecule has 1 aromatic rings. The Labute approximate surface area is 81.0 Å². The molecule has 1 radical (unpaired) electrons. The monoisotopic (exact) mass is 173 g/mol. The van der Waals surface area contributed by atoms with E-state index in [0.29, 0.717) is 5.41 Å². The van der Waals surface area contributed by atoms with Crippen LogP contribution in [0.25, 0.3) is 0 Å². The molecule has 1 unspecified atom stereocenters. The molecular weight excluding hydrogens is 156 g/mol. The van der Waals surface area contributed by atoms with Crippen molar-refractivity contribution in [3.05, 3.63) is 41.8 Å². The summed E-state index contributed by atoms with van der Waals surface area (Å²) in [4.78, 5) is 0. The molecule has 0 heteroatoms. The molecule has 0 nitrogen and oxygen atoms in total. The highest BCUT2D eigenvalue weighted by atomic mass is 14.5. The molecule has 13 heavy (non-hydrogen) atoms. The van der Waals surface area contributed by atoms with Crippen LogP contribution >= 0.6 is 0 Å². The quantitative estimate of drug-likeness (QED) is 0.639. The van der Waals surface area contributed by atoms with Gasteiger partial charge in [0.1, 0.15) is 0 Å². The molecule has 1 aliphatic carbocycles. The highest BCUT2D eigenvalue weighted by Crippen LogP contribution is 2.52. The first-order valence-electron chi connectivity index (χ1n) is 5.18. The Kier molecular flexibility index (Phi) is 2.15. The van der Waals surface area contributed by atoms with Crippen LogP contribution in [0.4, 0.5) is 0 Å². The van der Waals surface area contributed by atoms with Crippen molar-refractivity contribution >= 4 is 0 Å². The van der Waals surface area contributed by atoms with Crippen molar-refractivity contribution in [2.75, 3.05) is 0 Å². The maximum Gasteiger partial charge on any atom is 0.000986 e. The van der Waals surface area contributed by atoms with Crippen molar-refractivity contribution in [1.29, 1.82) is 0 Å². The summed E-state index contributed by atoms with van der Waals surface area (Å²) in [5.74, 6) is 1.67. The molecule has 0 N–H and O–H groups in total. The van der Waals surface area contributed by atoms with Gasteiger partial charge in [0.25, 0.3) is 0 Å². The van der Waals surface area contributed by atoms with E-state index in [1.54, 1.807) is 5.92 Å². The summed E-state index contributed by atoms with van der Waals surface area (Å²) in [6, 6.07) is 10.9. The third-order valence-electron chi connectivity index (χ3n) is 3.67. The molecule has 1 saturated carbocycles. The van der Waals surface area contributed by atoms with Crippen molar-refractivity contribution in [2.45, 2.75) is 38.5 Å². The van der Waals surface area contributed by atoms with Crippen LogP contribution in [0.1, 0.15) is 38.7 Å². The summed E-state index contributed by atoms with van der Waals surface area (Å²) in [5.41, 5.74) is 1.95. The number of hydrogen-bond acceptors (Lipinski definition) is 0. The van der Waals surface area contributed by atoms with Crippen LogP contribution < -0.4 is 0 Å². The third-order valence-corrected chi connectivity index (χ3v) is 3.67. The average Bonchev–Trinajstić information content (AvgIpc) is 2.19. The van der Waals surface area contributed by atoms with Gasteiger partial charge in [0.05, 0.1) is 0 Å². The largest absolute Gasteiger partial charge is 0.0645 e. The third kappa shape index (κ3) is 1.20. The first kappa shape index (κ1) is 8.80. The van der Waals surface area contributed by atoms with Crippen LogP contribution in [0.15, 0.2) is 30.3 Å². The van der Waals surface area contributed by atoms with Gasteiger partial charge in [0, 0.05) is 5.41 Å². The molecule has 69 valence electrons. The van der Waals surface area contributed by atoms with E-state index in [1.165, 1.54) is 24.8 Å². The zero-order chi connectivity index (χ0) is 9.31. The van der Waals surface area contributed by atoms with Crippen molar-refractivity contribution in [3.63, 3.8) is 0 Å². The Bertz CT molecular complexity index is 271. The molecular formula is C13H17. The van der Waals surface area contributed by atoms with Crippen molar-refractivity contribution in [3.8, 4) is 0 Å². The van der Waals surface area contributed by atoms with Crippen molar-refractivity contribution < 1.29 is 0 Å². The summed E-state index contributed by atoms with van der Waals surface area (Å²) in [7, 11) is 0. The zero-order valence-corrected chi connectivity index (χ0v) is 8.51. The molecule has 0 saturated heterocycles. The van der Waals surface area contributed by atoms with Gasteiger partial charge in [-0.2, -0.15) is 0 Å². The summed E-state index contributed by atoms with van der Waals surface area (Å²) < 4.78 is 0. The summed E-state index contributed by atoms with van der Waals surface area (Å²) >= 11 is 0. The minimum absolute atomic E-state index is 0.432. The van der Waals surface area contributed by atoms with E-state index in [4.69, 9.17) is 0 Å². The van der Waals surface area contributed by atoms with Crippen LogP contribution in [0, 0.1) is 5.92 Å². The fourth-order valence-corrected chi connectivity index (χ4v) is 2.51. The minimum Gasteiger partial charge on any atom is -0.0645 e. The molecule has 2 rings (SSSR count). The van der Waals surface area contributed by atoms with E-state index >= 15 is 0 Å². The van der Waals surface area contributed by atoms with Crippen LogP contribution in [-0.2, 0) is 5.41 Å². The van der Waals surface area contributed by atoms with Crippen LogP contribution in [0.5, 0.6) is 0 Å². The van der Waals surface area contributed by atoms with E-state index in [0.717, 1.165) is 0 Å². The summed E-state index contributed by atoms with van der Waals surface area (Å²) in [6.45, 7) is 4.61. The van der Waals surface area contributed by atoms with E-state index in [1.807, 2.05) is 0 Å². The molecule has 0 heterocycles. The second-order valence-electron chi connectivity index (χ2n) is 4.08. The molecule has 0 aromatic heterocycles. The van der Waals surface area contributed by atoms with E-state index in [2.05, 4.69) is 44.2 Å². The second-order valence-corrected chi connectivity index (χ2v) is 4.08. The highest BCUT2D eigenvalue weighted by molar-refractivity contribution is 5.37. The molecule has 0 amide bonds. The highest BCUT2D eigenvalue weighted by Gasteiger charge is 2.43. The smallest absolute Gasteiger partial charge is 0.000986 e. The SMILES string of the molecule is CCC1(c2ccccc2)CC[C]1C. The van der Waals surface area contributed by atoms with E-state index in [-0.39, 0.29) is 0 Å². The lowest BCUT2D eigenvalue weighted by atomic mass is 9.56. The maximum atomic E-state index is 2.31. The average molecular weight is 173 g/mol. The second kappa shape index (κ2) is 3.17. The minimum atomic E-state index is 0.432. The van der Waals surface area contributed by atoms with Crippen molar-refractivity contribution in [2.24, 2.45) is 0 Å². The fourth-order valence-electron chi connectivity index (χ4n) is 2.51. The summed E-state index contributed by atoms with van der Waals surface area (Å²) in [5, 5.41) is 0. The maximum absolute atomic E-state index is 2.31. The van der Waals surface area contributed by atoms with Gasteiger partial charge >= 0.3 is 0 Å². The Hall–Kier alpha value is -0.780. The van der Waals surface area contributed by atoms with Gasteiger partial charge in [-0.05, 0) is 30.7 Å². The molecule has 1 aromatic carbocycles. The number of rotatable bonds is 2. The molecule has 1 atom stereocenters. The Morgan fingerprint density at radius 1 is 1.23 bits per heavy atom. The Morgan fingerprint density at radius 3 is 2.31 bits per heavy atom. The Morgan fingerprint density at radius 2 is 1.92 bits per heavy atom. The molecule has 0 aliphatic heterocycles. The lowest BCUT2D eigenvalue weighted by Gasteiger charge is -2.48. The predicted octanol–water partition coefficient (Wildman–Crippen LogP) is 3.72. The predicted molar refractivity (Wildman–Crippen MR) is 56.6 cm³/mol. The number of hydrogen-bond donors (Lipinski definition) is 0. The lowest BCUT2D eigenvalue weighted by molar-refractivity contribution is 0.281. The standard InChI is InChI=1S/C13H17/c1-3-13(10-9-11(13)2)12-7-5-4-6-8-12/h4-8H,3,9-10H2,1-2H3. The number of benzene rings is 1. The van der Waals surface area contributed by atoms with Gasteiger partial charge in [-0.15, -0.1) is 0 Å². The molecule has 0 spiro atoms. The zero-order valence-electron chi connectivity index (χ0n) is 8.51. The van der Waals surface area contributed by atoms with Crippen LogP contribution in [0.3, 0.4) is 0 Å². The molecule has 0 bridgehead atoms.